The molecular weight excluding hydrogens is 456 g/mol. The maximum Gasteiger partial charge on any atom is 0.223 e. The van der Waals surface area contributed by atoms with Gasteiger partial charge in [0, 0.05) is 32.1 Å². The van der Waals surface area contributed by atoms with Gasteiger partial charge in [-0.15, -0.1) is 0 Å². The van der Waals surface area contributed by atoms with Gasteiger partial charge < -0.3 is 10.7 Å². The number of aromatic nitrogens is 3. The fourth-order valence-corrected chi connectivity index (χ4v) is 5.46. The number of hydrazine groups is 1. The number of fused-ring (bicyclic) bond motifs is 3. The molecule has 0 saturated heterocycles. The van der Waals surface area contributed by atoms with Crippen molar-refractivity contribution in [1.82, 2.24) is 19.8 Å². The molecule has 33 heavy (non-hydrogen) atoms. The maximum absolute atomic E-state index is 11.6. The zero-order valence-electron chi connectivity index (χ0n) is 18.5. The molecule has 7 nitrogen and oxygen atoms in total. The largest absolute Gasteiger partial charge is 0.319 e. The molecule has 0 atom stereocenters. The molecule has 2 heterocycles. The minimum absolute atomic E-state index is 0.133. The number of nitrogens with zero attached hydrogens (tertiary/aromatic N) is 4. The van der Waals surface area contributed by atoms with Crippen LogP contribution in [0.3, 0.4) is 0 Å². The molecule has 0 fully saturated rings. The van der Waals surface area contributed by atoms with Crippen LogP contribution in [0.25, 0.3) is 27.5 Å². The van der Waals surface area contributed by atoms with Crippen molar-refractivity contribution in [3.63, 3.8) is 0 Å². The second kappa shape index (κ2) is 8.62. The lowest BCUT2D eigenvalue weighted by molar-refractivity contribution is -0.114. The van der Waals surface area contributed by atoms with Gasteiger partial charge in [-0.25, -0.2) is 14.7 Å². The Balaban J connectivity index is 1.70. The molecule has 0 saturated carbocycles. The summed E-state index contributed by atoms with van der Waals surface area (Å²) >= 11 is 8.23. The number of rotatable bonds is 5. The van der Waals surface area contributed by atoms with E-state index in [1.165, 1.54) is 23.8 Å². The molecule has 2 aromatic heterocycles. The Morgan fingerprint density at radius 3 is 2.64 bits per heavy atom. The Morgan fingerprint density at radius 1 is 1.15 bits per heavy atom. The van der Waals surface area contributed by atoms with Gasteiger partial charge in [-0.2, -0.15) is 5.10 Å². The smallest absolute Gasteiger partial charge is 0.223 e. The quantitative estimate of drug-likeness (QED) is 0.382. The van der Waals surface area contributed by atoms with E-state index in [4.69, 9.17) is 16.7 Å². The van der Waals surface area contributed by atoms with E-state index in [0.29, 0.717) is 10.2 Å². The van der Waals surface area contributed by atoms with Crippen LogP contribution in [0.2, 0.25) is 5.02 Å². The number of hydrogen-bond donors (Lipinski definition) is 2. The zero-order chi connectivity index (χ0) is 23.1. The van der Waals surface area contributed by atoms with Crippen LogP contribution in [-0.4, -0.2) is 39.8 Å². The molecule has 5 rings (SSSR count). The van der Waals surface area contributed by atoms with Gasteiger partial charge in [0.1, 0.15) is 0 Å². The number of benzene rings is 2. The first-order chi connectivity index (χ1) is 15.9. The number of hydrogen-bond acceptors (Lipinski definition) is 6. The van der Waals surface area contributed by atoms with Crippen molar-refractivity contribution >= 4 is 39.7 Å². The summed E-state index contributed by atoms with van der Waals surface area (Å²) in [6.45, 7) is 1.49. The Kier molecular flexibility index (Phi) is 5.65. The van der Waals surface area contributed by atoms with Crippen molar-refractivity contribution in [3.05, 3.63) is 64.8 Å². The van der Waals surface area contributed by atoms with Crippen LogP contribution in [0, 0.1) is 0 Å². The molecule has 2 N–H and O–H groups in total. The van der Waals surface area contributed by atoms with E-state index in [1.807, 2.05) is 60.2 Å². The zero-order valence-corrected chi connectivity index (χ0v) is 20.1. The van der Waals surface area contributed by atoms with Crippen LogP contribution in [0.5, 0.6) is 0 Å². The summed E-state index contributed by atoms with van der Waals surface area (Å²) in [4.78, 5) is 17.3. The minimum Gasteiger partial charge on any atom is -0.319 e. The van der Waals surface area contributed by atoms with E-state index in [1.54, 1.807) is 0 Å². The number of anilines is 2. The normalized spacial score (nSPS) is 12.4. The maximum atomic E-state index is 11.6. The molecular formula is C24H23ClN6OS. The van der Waals surface area contributed by atoms with Crippen molar-refractivity contribution in [1.29, 1.82) is 0 Å². The van der Waals surface area contributed by atoms with Gasteiger partial charge in [0.15, 0.2) is 5.13 Å². The molecule has 1 amide bonds. The van der Waals surface area contributed by atoms with E-state index in [9.17, 15) is 4.79 Å². The standard InChI is InChI=1S/C24H23ClN6OS/c1-14(32)26-24-27-19-11-10-17-21(15-7-5-4-6-8-15)29-31(22(17)23(19)33-24)20-12-9-16(13-18(20)25)28-30(2)3/h4-9,12-13,28H,10-11H2,1-3H3,(H,26,27,32). The first-order valence-corrected chi connectivity index (χ1v) is 11.8. The predicted octanol–water partition coefficient (Wildman–Crippen LogP) is 5.26. The van der Waals surface area contributed by atoms with Crippen LogP contribution in [0.1, 0.15) is 18.2 Å². The lowest BCUT2D eigenvalue weighted by Crippen LogP contribution is -2.19. The highest BCUT2D eigenvalue weighted by molar-refractivity contribution is 7.19. The Labute approximate surface area is 201 Å². The average molecular weight is 479 g/mol. The van der Waals surface area contributed by atoms with Gasteiger partial charge in [0.25, 0.3) is 0 Å². The average Bonchev–Trinajstić information content (AvgIpc) is 3.34. The Morgan fingerprint density at radius 2 is 1.94 bits per heavy atom. The molecule has 9 heteroatoms. The van der Waals surface area contributed by atoms with Gasteiger partial charge in [0.05, 0.1) is 38.4 Å². The molecule has 0 radical (unpaired) electrons. The first-order valence-electron chi connectivity index (χ1n) is 10.6. The molecule has 0 bridgehead atoms. The molecule has 0 spiro atoms. The topological polar surface area (TPSA) is 75.1 Å². The third kappa shape index (κ3) is 4.13. The van der Waals surface area contributed by atoms with E-state index in [-0.39, 0.29) is 5.91 Å². The monoisotopic (exact) mass is 478 g/mol. The highest BCUT2D eigenvalue weighted by Crippen LogP contribution is 2.44. The highest BCUT2D eigenvalue weighted by Gasteiger charge is 2.30. The van der Waals surface area contributed by atoms with E-state index in [0.717, 1.165) is 51.7 Å². The van der Waals surface area contributed by atoms with Gasteiger partial charge in [-0.1, -0.05) is 53.3 Å². The number of aryl methyl sites for hydroxylation is 1. The molecule has 4 aromatic rings. The van der Waals surface area contributed by atoms with Crippen molar-refractivity contribution < 1.29 is 4.79 Å². The third-order valence-electron chi connectivity index (χ3n) is 5.37. The lowest BCUT2D eigenvalue weighted by atomic mass is 9.95. The fourth-order valence-electron chi connectivity index (χ4n) is 4.08. The Bertz CT molecular complexity index is 1340. The van der Waals surface area contributed by atoms with Crippen molar-refractivity contribution in [2.75, 3.05) is 24.8 Å². The SMILES string of the molecule is CC(=O)Nc1nc2c(s1)-c1c(c(-c3ccccc3)nn1-c1ccc(NN(C)C)cc1Cl)CC2. The van der Waals surface area contributed by atoms with Crippen molar-refractivity contribution in [3.8, 4) is 27.5 Å². The summed E-state index contributed by atoms with van der Waals surface area (Å²) in [6, 6.07) is 16.0. The molecule has 0 aliphatic heterocycles. The second-order valence-corrected chi connectivity index (χ2v) is 9.51. The molecule has 1 aliphatic rings. The number of amides is 1. The Hall–Kier alpha value is -3.20. The summed E-state index contributed by atoms with van der Waals surface area (Å²) in [5.41, 5.74) is 10.0. The van der Waals surface area contributed by atoms with Crippen LogP contribution in [-0.2, 0) is 17.6 Å². The van der Waals surface area contributed by atoms with E-state index >= 15 is 0 Å². The summed E-state index contributed by atoms with van der Waals surface area (Å²) in [5.74, 6) is -0.133. The number of carbonyl (C=O) groups is 1. The van der Waals surface area contributed by atoms with E-state index < -0.39 is 0 Å². The van der Waals surface area contributed by atoms with Crippen LogP contribution < -0.4 is 10.7 Å². The van der Waals surface area contributed by atoms with Gasteiger partial charge >= 0.3 is 0 Å². The summed E-state index contributed by atoms with van der Waals surface area (Å²) in [6.07, 6.45) is 1.61. The molecule has 0 unspecified atom stereocenters. The minimum atomic E-state index is -0.133. The van der Waals surface area contributed by atoms with Gasteiger partial charge in [-0.3, -0.25) is 4.79 Å². The molecule has 168 valence electrons. The first kappa shape index (κ1) is 21.6. The lowest BCUT2D eigenvalue weighted by Gasteiger charge is -2.17. The summed E-state index contributed by atoms with van der Waals surface area (Å²) in [7, 11) is 3.85. The predicted molar refractivity (Wildman–Crippen MR) is 134 cm³/mol. The number of thiazole rings is 1. The highest BCUT2D eigenvalue weighted by atomic mass is 35.5. The van der Waals surface area contributed by atoms with Crippen molar-refractivity contribution in [2.24, 2.45) is 0 Å². The molecule has 1 aliphatic carbocycles. The number of halogens is 1. The van der Waals surface area contributed by atoms with Gasteiger partial charge in [0.2, 0.25) is 5.91 Å². The van der Waals surface area contributed by atoms with Crippen molar-refractivity contribution in [2.45, 2.75) is 19.8 Å². The number of carbonyl (C=O) groups excluding carboxylic acids is 1. The summed E-state index contributed by atoms with van der Waals surface area (Å²) in [5, 5.41) is 10.9. The fraction of sp³-hybridized carbons (Fsp3) is 0.208. The van der Waals surface area contributed by atoms with Crippen LogP contribution in [0.4, 0.5) is 10.8 Å². The summed E-state index contributed by atoms with van der Waals surface area (Å²) < 4.78 is 1.92. The third-order valence-corrected chi connectivity index (χ3v) is 6.69. The second-order valence-electron chi connectivity index (χ2n) is 8.10. The van der Waals surface area contributed by atoms with Gasteiger partial charge in [-0.05, 0) is 31.0 Å². The van der Waals surface area contributed by atoms with Crippen LogP contribution >= 0.6 is 22.9 Å². The van der Waals surface area contributed by atoms with Crippen LogP contribution in [0.15, 0.2) is 48.5 Å². The number of nitrogens with one attached hydrogen (secondary N) is 2. The van der Waals surface area contributed by atoms with E-state index in [2.05, 4.69) is 27.9 Å². The molecule has 2 aromatic carbocycles.